The number of nitro groups is 1. The van der Waals surface area contributed by atoms with Gasteiger partial charge in [-0.15, -0.1) is 0 Å². The first-order chi connectivity index (χ1) is 8.31. The third kappa shape index (κ3) is 4.40. The van der Waals surface area contributed by atoms with Crippen LogP contribution in [0.5, 0.6) is 0 Å². The fourth-order valence-corrected chi connectivity index (χ4v) is 1.58. The number of nitrogens with zero attached hydrogens (tertiary/aromatic N) is 1. The van der Waals surface area contributed by atoms with Gasteiger partial charge in [-0.25, -0.2) is 0 Å². The molecule has 0 saturated carbocycles. The summed E-state index contributed by atoms with van der Waals surface area (Å²) in [4.78, 5) is 10.1. The van der Waals surface area contributed by atoms with E-state index in [-0.39, 0.29) is 29.4 Å². The quantitative estimate of drug-likeness (QED) is 0.504. The van der Waals surface area contributed by atoms with Crippen LogP contribution in [0, 0.1) is 10.1 Å². The van der Waals surface area contributed by atoms with Crippen molar-refractivity contribution >= 4 is 23.0 Å². The lowest BCUT2D eigenvalue weighted by molar-refractivity contribution is -0.383. The summed E-state index contributed by atoms with van der Waals surface area (Å²) in [6, 6.07) is 4.07. The Morgan fingerprint density at radius 3 is 2.61 bits per heavy atom. The van der Waals surface area contributed by atoms with Crippen LogP contribution in [-0.4, -0.2) is 17.6 Å². The van der Waals surface area contributed by atoms with Crippen molar-refractivity contribution in [2.75, 3.05) is 11.9 Å². The number of hydrogen-bond acceptors (Lipinski definition) is 3. The van der Waals surface area contributed by atoms with E-state index < -0.39 is 17.5 Å². The van der Waals surface area contributed by atoms with Crippen molar-refractivity contribution in [3.8, 4) is 0 Å². The van der Waals surface area contributed by atoms with Crippen LogP contribution < -0.4 is 5.32 Å². The standard InChI is InChI=1S/C10H10ClF3N2O2/c11-7-3-1-4-8(16(17)18)9(7)15-6-2-5-10(12,13)14/h1,3-4,15H,2,5-6H2. The van der Waals surface area contributed by atoms with Gasteiger partial charge in [0.2, 0.25) is 0 Å². The van der Waals surface area contributed by atoms with Gasteiger partial charge in [-0.05, 0) is 12.5 Å². The van der Waals surface area contributed by atoms with Crippen molar-refractivity contribution in [2.24, 2.45) is 0 Å². The minimum atomic E-state index is -4.23. The summed E-state index contributed by atoms with van der Waals surface area (Å²) < 4.78 is 35.7. The van der Waals surface area contributed by atoms with E-state index in [0.717, 1.165) is 0 Å². The van der Waals surface area contributed by atoms with Crippen LogP contribution >= 0.6 is 11.6 Å². The summed E-state index contributed by atoms with van der Waals surface area (Å²) in [5.74, 6) is 0. The van der Waals surface area contributed by atoms with Crippen molar-refractivity contribution < 1.29 is 18.1 Å². The molecule has 0 unspecified atom stereocenters. The van der Waals surface area contributed by atoms with Crippen molar-refractivity contribution in [3.63, 3.8) is 0 Å². The number of anilines is 1. The summed E-state index contributed by atoms with van der Waals surface area (Å²) in [5, 5.41) is 13.4. The van der Waals surface area contributed by atoms with Gasteiger partial charge in [0.05, 0.1) is 9.95 Å². The highest BCUT2D eigenvalue weighted by Crippen LogP contribution is 2.32. The van der Waals surface area contributed by atoms with Gasteiger partial charge in [0, 0.05) is 19.0 Å². The predicted octanol–water partition coefficient (Wildman–Crippen LogP) is 4.00. The number of alkyl halides is 3. The highest BCUT2D eigenvalue weighted by atomic mass is 35.5. The van der Waals surface area contributed by atoms with Crippen LogP contribution in [0.4, 0.5) is 24.5 Å². The Bertz CT molecular complexity index is 438. The topological polar surface area (TPSA) is 55.2 Å². The van der Waals surface area contributed by atoms with Crippen LogP contribution in [0.1, 0.15) is 12.8 Å². The number of nitrogens with one attached hydrogen (secondary N) is 1. The minimum Gasteiger partial charge on any atom is -0.378 e. The number of halogens is 4. The van der Waals surface area contributed by atoms with Crippen LogP contribution in [0.15, 0.2) is 18.2 Å². The Balaban J connectivity index is 2.64. The van der Waals surface area contributed by atoms with E-state index >= 15 is 0 Å². The zero-order valence-corrected chi connectivity index (χ0v) is 9.88. The molecule has 0 aliphatic rings. The van der Waals surface area contributed by atoms with Crippen molar-refractivity contribution in [1.82, 2.24) is 0 Å². The number of nitro benzene ring substituents is 1. The molecule has 0 fully saturated rings. The smallest absolute Gasteiger partial charge is 0.378 e. The average Bonchev–Trinajstić information content (AvgIpc) is 2.24. The molecule has 100 valence electrons. The molecule has 1 rings (SSSR count). The Hall–Kier alpha value is -1.50. The lowest BCUT2D eigenvalue weighted by atomic mass is 10.2. The molecule has 4 nitrogen and oxygen atoms in total. The third-order valence-electron chi connectivity index (χ3n) is 2.13. The maximum atomic E-state index is 11.9. The van der Waals surface area contributed by atoms with Crippen LogP contribution in [0.25, 0.3) is 0 Å². The van der Waals surface area contributed by atoms with E-state index in [2.05, 4.69) is 5.32 Å². The molecule has 0 spiro atoms. The molecule has 0 aliphatic heterocycles. The van der Waals surface area contributed by atoms with Gasteiger partial charge in [0.15, 0.2) is 0 Å². The van der Waals surface area contributed by atoms with E-state index in [9.17, 15) is 23.3 Å². The van der Waals surface area contributed by atoms with Gasteiger partial charge in [-0.1, -0.05) is 17.7 Å². The molecule has 0 radical (unpaired) electrons. The van der Waals surface area contributed by atoms with Crippen molar-refractivity contribution in [2.45, 2.75) is 19.0 Å². The molecule has 0 atom stereocenters. The average molecular weight is 283 g/mol. The molecule has 0 saturated heterocycles. The molecule has 0 aromatic heterocycles. The predicted molar refractivity (Wildman–Crippen MR) is 61.9 cm³/mol. The minimum absolute atomic E-state index is 0.0376. The van der Waals surface area contributed by atoms with Gasteiger partial charge in [0.1, 0.15) is 5.69 Å². The third-order valence-corrected chi connectivity index (χ3v) is 2.44. The van der Waals surface area contributed by atoms with Gasteiger partial charge < -0.3 is 5.32 Å². The number of para-hydroxylation sites is 1. The highest BCUT2D eigenvalue weighted by Gasteiger charge is 2.26. The van der Waals surface area contributed by atoms with Crippen molar-refractivity contribution in [1.29, 1.82) is 0 Å². The first kappa shape index (κ1) is 14.6. The molecule has 18 heavy (non-hydrogen) atoms. The zero-order chi connectivity index (χ0) is 13.8. The fraction of sp³-hybridized carbons (Fsp3) is 0.400. The van der Waals surface area contributed by atoms with E-state index in [1.165, 1.54) is 18.2 Å². The maximum Gasteiger partial charge on any atom is 0.389 e. The molecule has 8 heteroatoms. The van der Waals surface area contributed by atoms with E-state index in [4.69, 9.17) is 11.6 Å². The maximum absolute atomic E-state index is 11.9. The lowest BCUT2D eigenvalue weighted by Crippen LogP contribution is -2.11. The molecular formula is C10H10ClF3N2O2. The summed E-state index contributed by atoms with van der Waals surface area (Å²) >= 11 is 5.75. The lowest BCUT2D eigenvalue weighted by Gasteiger charge is -2.09. The number of hydrogen-bond donors (Lipinski definition) is 1. The SMILES string of the molecule is O=[N+]([O-])c1cccc(Cl)c1NCCCC(F)(F)F. The van der Waals surface area contributed by atoms with Crippen LogP contribution in [0.3, 0.4) is 0 Å². The molecule has 1 aromatic rings. The zero-order valence-electron chi connectivity index (χ0n) is 9.13. The van der Waals surface area contributed by atoms with Gasteiger partial charge >= 0.3 is 6.18 Å². The molecular weight excluding hydrogens is 273 g/mol. The molecule has 1 aromatic carbocycles. The van der Waals surface area contributed by atoms with Gasteiger partial charge in [-0.2, -0.15) is 13.2 Å². The van der Waals surface area contributed by atoms with E-state index in [0.29, 0.717) is 0 Å². The Kier molecular flexibility index (Phi) is 4.77. The first-order valence-electron chi connectivity index (χ1n) is 5.05. The number of benzene rings is 1. The Morgan fingerprint density at radius 1 is 1.39 bits per heavy atom. The molecule has 1 N–H and O–H groups in total. The van der Waals surface area contributed by atoms with Crippen LogP contribution in [-0.2, 0) is 0 Å². The summed E-state index contributed by atoms with van der Waals surface area (Å²) in [6.45, 7) is -0.0376. The monoisotopic (exact) mass is 282 g/mol. The Morgan fingerprint density at radius 2 is 2.06 bits per heavy atom. The Labute approximate surface area is 106 Å². The first-order valence-corrected chi connectivity index (χ1v) is 5.42. The summed E-state index contributed by atoms with van der Waals surface area (Å²) in [7, 11) is 0. The van der Waals surface area contributed by atoms with E-state index in [1.54, 1.807) is 0 Å². The van der Waals surface area contributed by atoms with Crippen molar-refractivity contribution in [3.05, 3.63) is 33.3 Å². The highest BCUT2D eigenvalue weighted by molar-refractivity contribution is 6.33. The van der Waals surface area contributed by atoms with E-state index in [1.807, 2.05) is 0 Å². The summed E-state index contributed by atoms with van der Waals surface area (Å²) in [6.07, 6.45) is -5.35. The molecule has 0 amide bonds. The summed E-state index contributed by atoms with van der Waals surface area (Å²) in [5.41, 5.74) is -0.208. The number of rotatable bonds is 5. The molecule has 0 bridgehead atoms. The normalized spacial score (nSPS) is 11.3. The fourth-order valence-electron chi connectivity index (χ4n) is 1.34. The van der Waals surface area contributed by atoms with Crippen LogP contribution in [0.2, 0.25) is 5.02 Å². The van der Waals surface area contributed by atoms with Gasteiger partial charge in [-0.3, -0.25) is 10.1 Å². The second kappa shape index (κ2) is 5.90. The molecule has 0 aliphatic carbocycles. The van der Waals surface area contributed by atoms with Gasteiger partial charge in [0.25, 0.3) is 5.69 Å². The second-order valence-corrected chi connectivity index (χ2v) is 3.94. The molecule has 0 heterocycles. The second-order valence-electron chi connectivity index (χ2n) is 3.54. The largest absolute Gasteiger partial charge is 0.389 e.